The Hall–Kier alpha value is 0.0238. The topological polar surface area (TPSA) is 35.5 Å². The highest BCUT2D eigenvalue weighted by Gasteiger charge is 2.29. The molecule has 0 unspecified atom stereocenters. The number of carbonyl (C=O) groups is 1. The summed E-state index contributed by atoms with van der Waals surface area (Å²) in [5.74, 6) is 0.289. The Kier molecular flexibility index (Phi) is 11.6. The summed E-state index contributed by atoms with van der Waals surface area (Å²) in [6.45, 7) is 14.5. The van der Waals surface area contributed by atoms with Crippen LogP contribution in [0.3, 0.4) is 0 Å². The van der Waals surface area contributed by atoms with Gasteiger partial charge >= 0.3 is 0 Å². The van der Waals surface area contributed by atoms with E-state index in [1.54, 1.807) is 0 Å². The van der Waals surface area contributed by atoms with Crippen LogP contribution in [0.1, 0.15) is 54.4 Å². The van der Waals surface area contributed by atoms with Crippen molar-refractivity contribution in [3.8, 4) is 0 Å². The molecule has 0 saturated carbocycles. The van der Waals surface area contributed by atoms with Crippen LogP contribution in [0.25, 0.3) is 0 Å². The molecule has 0 aliphatic carbocycles. The number of hydrogen-bond acceptors (Lipinski definition) is 3. The predicted octanol–water partition coefficient (Wildman–Crippen LogP) is 5.38. The van der Waals surface area contributed by atoms with Crippen molar-refractivity contribution in [3.05, 3.63) is 0 Å². The van der Waals surface area contributed by atoms with Gasteiger partial charge in [0.05, 0.1) is 0 Å². The van der Waals surface area contributed by atoms with E-state index in [0.29, 0.717) is 26.1 Å². The average Bonchev–Trinajstić information content (AvgIpc) is 2.56. The average molecular weight is 347 g/mol. The molecular formula is C17H38O3Si2. The Morgan fingerprint density at radius 3 is 1.14 bits per heavy atom. The van der Waals surface area contributed by atoms with Crippen LogP contribution in [0, 0.1) is 0 Å². The zero-order valence-corrected chi connectivity index (χ0v) is 17.8. The molecule has 22 heavy (non-hydrogen) atoms. The Morgan fingerprint density at radius 2 is 0.909 bits per heavy atom. The van der Waals surface area contributed by atoms with Crippen LogP contribution < -0.4 is 0 Å². The number of carbonyl (C=O) groups excluding carboxylic acids is 1. The van der Waals surface area contributed by atoms with E-state index in [1.165, 1.54) is 0 Å². The molecule has 132 valence electrons. The van der Waals surface area contributed by atoms with Gasteiger partial charge in [-0.2, -0.15) is 0 Å². The molecule has 0 rings (SSSR count). The fraction of sp³-hybridized carbons (Fsp3) is 0.941. The number of hydrogen-bond donors (Lipinski definition) is 0. The molecule has 0 saturated heterocycles. The first-order chi connectivity index (χ1) is 10.5. The smallest absolute Gasteiger partial charge is 0.191 e. The van der Waals surface area contributed by atoms with Gasteiger partial charge in [0, 0.05) is 26.1 Å². The molecule has 0 aliphatic heterocycles. The highest BCUT2D eigenvalue weighted by molar-refractivity contribution is 6.74. The molecule has 3 nitrogen and oxygen atoms in total. The van der Waals surface area contributed by atoms with Gasteiger partial charge in [-0.25, -0.2) is 0 Å². The van der Waals surface area contributed by atoms with Gasteiger partial charge in [0.2, 0.25) is 0 Å². The van der Waals surface area contributed by atoms with Gasteiger partial charge in [0.1, 0.15) is 5.78 Å². The summed E-state index contributed by atoms with van der Waals surface area (Å²) in [6, 6.07) is 6.89. The molecule has 0 aromatic heterocycles. The monoisotopic (exact) mass is 346 g/mol. The molecule has 0 atom stereocenters. The van der Waals surface area contributed by atoms with E-state index < -0.39 is 16.6 Å². The molecule has 0 heterocycles. The van der Waals surface area contributed by atoms with Crippen molar-refractivity contribution in [1.82, 2.24) is 0 Å². The lowest BCUT2D eigenvalue weighted by Gasteiger charge is -2.28. The van der Waals surface area contributed by atoms with Gasteiger partial charge in [-0.15, -0.1) is 0 Å². The predicted molar refractivity (Wildman–Crippen MR) is 101 cm³/mol. The van der Waals surface area contributed by atoms with Crippen LogP contribution in [-0.4, -0.2) is 35.6 Å². The van der Waals surface area contributed by atoms with Crippen molar-refractivity contribution in [1.29, 1.82) is 0 Å². The SMILES string of the molecule is CC[Si](CC)(CC)OCCC(=O)CCO[Si](CC)(CC)CC. The maximum atomic E-state index is 12.0. The molecule has 0 bridgehead atoms. The first-order valence-corrected chi connectivity index (χ1v) is 14.3. The highest BCUT2D eigenvalue weighted by atomic mass is 28.4. The normalized spacial score (nSPS) is 12.6. The molecule has 0 radical (unpaired) electrons. The highest BCUT2D eigenvalue weighted by Crippen LogP contribution is 2.23. The van der Waals surface area contributed by atoms with E-state index in [0.717, 1.165) is 36.3 Å². The second-order valence-electron chi connectivity index (χ2n) is 6.22. The maximum absolute atomic E-state index is 12.0. The fourth-order valence-electron chi connectivity index (χ4n) is 3.00. The summed E-state index contributed by atoms with van der Waals surface area (Å²) in [4.78, 5) is 12.0. The molecule has 0 N–H and O–H groups in total. The van der Waals surface area contributed by atoms with Crippen LogP contribution in [-0.2, 0) is 13.6 Å². The minimum atomic E-state index is -1.54. The number of Topliss-reactive ketones (excluding diaryl/α,β-unsaturated/α-hetero) is 1. The van der Waals surface area contributed by atoms with Crippen molar-refractivity contribution in [3.63, 3.8) is 0 Å². The zero-order chi connectivity index (χ0) is 17.1. The van der Waals surface area contributed by atoms with E-state index >= 15 is 0 Å². The van der Waals surface area contributed by atoms with Gasteiger partial charge in [0.25, 0.3) is 0 Å². The zero-order valence-electron chi connectivity index (χ0n) is 15.8. The Labute approximate surface area is 140 Å². The molecule has 0 aliphatic rings. The number of rotatable bonds is 14. The first kappa shape index (κ1) is 22.0. The quantitative estimate of drug-likeness (QED) is 0.396. The molecule has 5 heteroatoms. The van der Waals surface area contributed by atoms with Gasteiger partial charge in [0.15, 0.2) is 16.6 Å². The van der Waals surface area contributed by atoms with Crippen molar-refractivity contribution < 1.29 is 13.6 Å². The summed E-state index contributed by atoms with van der Waals surface area (Å²) in [7, 11) is -3.08. The van der Waals surface area contributed by atoms with Crippen LogP contribution >= 0.6 is 0 Å². The van der Waals surface area contributed by atoms with Crippen LogP contribution in [0.15, 0.2) is 0 Å². The van der Waals surface area contributed by atoms with E-state index in [-0.39, 0.29) is 5.78 Å². The van der Waals surface area contributed by atoms with Crippen molar-refractivity contribution in [2.45, 2.75) is 90.6 Å². The second kappa shape index (κ2) is 11.5. The third kappa shape index (κ3) is 7.07. The van der Waals surface area contributed by atoms with E-state index in [1.807, 2.05) is 0 Å². The summed E-state index contributed by atoms with van der Waals surface area (Å²) < 4.78 is 12.3. The summed E-state index contributed by atoms with van der Waals surface area (Å²) in [5.41, 5.74) is 0. The molecule has 0 amide bonds. The van der Waals surface area contributed by atoms with Crippen LogP contribution in [0.2, 0.25) is 36.3 Å². The molecular weight excluding hydrogens is 308 g/mol. The van der Waals surface area contributed by atoms with Crippen molar-refractivity contribution in [2.75, 3.05) is 13.2 Å². The Bertz CT molecular complexity index is 256. The Morgan fingerprint density at radius 1 is 0.636 bits per heavy atom. The lowest BCUT2D eigenvalue weighted by atomic mass is 10.2. The summed E-state index contributed by atoms with van der Waals surface area (Å²) in [5, 5.41) is 0. The second-order valence-corrected chi connectivity index (χ2v) is 15.8. The number of ketones is 1. The van der Waals surface area contributed by atoms with Gasteiger partial charge in [-0.1, -0.05) is 41.5 Å². The molecule has 0 fully saturated rings. The van der Waals surface area contributed by atoms with Crippen molar-refractivity contribution >= 4 is 22.4 Å². The fourth-order valence-corrected chi connectivity index (χ4v) is 8.30. The first-order valence-electron chi connectivity index (χ1n) is 9.26. The summed E-state index contributed by atoms with van der Waals surface area (Å²) in [6.07, 6.45) is 1.11. The van der Waals surface area contributed by atoms with Gasteiger partial charge < -0.3 is 8.85 Å². The summed E-state index contributed by atoms with van der Waals surface area (Å²) >= 11 is 0. The Balaban J connectivity index is 4.06. The van der Waals surface area contributed by atoms with Crippen molar-refractivity contribution in [2.24, 2.45) is 0 Å². The molecule has 0 aromatic carbocycles. The van der Waals surface area contributed by atoms with E-state index in [4.69, 9.17) is 8.85 Å². The maximum Gasteiger partial charge on any atom is 0.191 e. The molecule has 0 spiro atoms. The van der Waals surface area contributed by atoms with E-state index in [2.05, 4.69) is 41.5 Å². The standard InChI is InChI=1S/C17H38O3Si2/c1-7-21(8-2,9-3)19-15-13-17(18)14-16-20-22(10-4,11-5)12-6/h7-16H2,1-6H3. The lowest BCUT2D eigenvalue weighted by Crippen LogP contribution is -2.37. The van der Waals surface area contributed by atoms with Crippen LogP contribution in [0.4, 0.5) is 0 Å². The third-order valence-electron chi connectivity index (χ3n) is 5.44. The molecule has 0 aromatic rings. The largest absolute Gasteiger partial charge is 0.416 e. The van der Waals surface area contributed by atoms with Crippen LogP contribution in [0.5, 0.6) is 0 Å². The van der Waals surface area contributed by atoms with Gasteiger partial charge in [-0.05, 0) is 36.3 Å². The van der Waals surface area contributed by atoms with Gasteiger partial charge in [-0.3, -0.25) is 4.79 Å². The minimum absolute atomic E-state index is 0.289. The lowest BCUT2D eigenvalue weighted by molar-refractivity contribution is -0.120. The third-order valence-corrected chi connectivity index (χ3v) is 14.8. The van der Waals surface area contributed by atoms with E-state index in [9.17, 15) is 4.79 Å². The minimum Gasteiger partial charge on any atom is -0.416 e.